The first-order valence-corrected chi connectivity index (χ1v) is 7.20. The minimum Gasteiger partial charge on any atom is -0.512 e. The highest BCUT2D eigenvalue weighted by molar-refractivity contribution is 5.25. The lowest BCUT2D eigenvalue weighted by Gasteiger charge is -2.37. The highest BCUT2D eigenvalue weighted by Gasteiger charge is 2.35. The average molecular weight is 260 g/mol. The van der Waals surface area contributed by atoms with E-state index in [1.807, 2.05) is 18.2 Å². The van der Waals surface area contributed by atoms with Gasteiger partial charge in [-0.2, -0.15) is 0 Å². The molecule has 1 aliphatic rings. The van der Waals surface area contributed by atoms with Crippen molar-refractivity contribution >= 4 is 0 Å². The standard InChI is InChI=1S/C17H24O2/c1-14(2)7-6-11-17(13-16(18)10-12-19-17)15-8-4-3-5-9-15/h3-5,8-10,14,18H,6-7,11-13H2,1-2H3. The van der Waals surface area contributed by atoms with E-state index in [1.165, 1.54) is 12.0 Å². The van der Waals surface area contributed by atoms with Gasteiger partial charge in [-0.1, -0.05) is 50.6 Å². The van der Waals surface area contributed by atoms with Crippen LogP contribution in [0.1, 0.15) is 45.1 Å². The van der Waals surface area contributed by atoms with Gasteiger partial charge in [0.2, 0.25) is 0 Å². The van der Waals surface area contributed by atoms with Crippen LogP contribution in [0.15, 0.2) is 42.2 Å². The molecule has 0 saturated heterocycles. The Hall–Kier alpha value is -1.28. The zero-order valence-electron chi connectivity index (χ0n) is 11.9. The van der Waals surface area contributed by atoms with E-state index in [0.29, 0.717) is 24.7 Å². The van der Waals surface area contributed by atoms with E-state index >= 15 is 0 Å². The Labute approximate surface area is 116 Å². The summed E-state index contributed by atoms with van der Waals surface area (Å²) >= 11 is 0. The van der Waals surface area contributed by atoms with Crippen molar-refractivity contribution in [2.75, 3.05) is 6.61 Å². The molecule has 0 aliphatic carbocycles. The van der Waals surface area contributed by atoms with Crippen LogP contribution in [0, 0.1) is 5.92 Å². The smallest absolute Gasteiger partial charge is 0.101 e. The van der Waals surface area contributed by atoms with Crippen LogP contribution in [0.2, 0.25) is 0 Å². The van der Waals surface area contributed by atoms with Crippen molar-refractivity contribution in [3.8, 4) is 0 Å². The van der Waals surface area contributed by atoms with Crippen LogP contribution < -0.4 is 0 Å². The van der Waals surface area contributed by atoms with Crippen LogP contribution in [0.4, 0.5) is 0 Å². The topological polar surface area (TPSA) is 29.5 Å². The van der Waals surface area contributed by atoms with Crippen LogP contribution in [0.5, 0.6) is 0 Å². The first kappa shape index (κ1) is 14.1. The molecule has 104 valence electrons. The van der Waals surface area contributed by atoms with Gasteiger partial charge in [-0.05, 0) is 30.4 Å². The molecule has 2 nitrogen and oxygen atoms in total. The molecule has 19 heavy (non-hydrogen) atoms. The Morgan fingerprint density at radius 1 is 1.26 bits per heavy atom. The maximum absolute atomic E-state index is 9.90. The summed E-state index contributed by atoms with van der Waals surface area (Å²) in [6, 6.07) is 10.3. The second-order valence-corrected chi connectivity index (χ2v) is 5.83. The molecule has 1 atom stereocenters. The maximum atomic E-state index is 9.90. The molecule has 1 aliphatic heterocycles. The van der Waals surface area contributed by atoms with Crippen molar-refractivity contribution in [2.24, 2.45) is 5.92 Å². The monoisotopic (exact) mass is 260 g/mol. The Kier molecular flexibility index (Phi) is 4.65. The van der Waals surface area contributed by atoms with Gasteiger partial charge in [0.05, 0.1) is 12.4 Å². The third-order valence-corrected chi connectivity index (χ3v) is 3.81. The second-order valence-electron chi connectivity index (χ2n) is 5.83. The summed E-state index contributed by atoms with van der Waals surface area (Å²) in [6.45, 7) is 4.99. The number of aliphatic hydroxyl groups is 1. The van der Waals surface area contributed by atoms with E-state index in [1.54, 1.807) is 6.08 Å². The largest absolute Gasteiger partial charge is 0.512 e. The molecule has 0 saturated carbocycles. The van der Waals surface area contributed by atoms with Crippen molar-refractivity contribution in [3.63, 3.8) is 0 Å². The third-order valence-electron chi connectivity index (χ3n) is 3.81. The molecule has 1 aromatic carbocycles. The first-order chi connectivity index (χ1) is 9.12. The lowest BCUT2D eigenvalue weighted by atomic mass is 9.83. The summed E-state index contributed by atoms with van der Waals surface area (Å²) in [5.41, 5.74) is 0.841. The van der Waals surface area contributed by atoms with Gasteiger partial charge in [-0.3, -0.25) is 0 Å². The average Bonchev–Trinajstić information content (AvgIpc) is 2.39. The van der Waals surface area contributed by atoms with Gasteiger partial charge in [0.25, 0.3) is 0 Å². The molecule has 0 spiro atoms. The second kappa shape index (κ2) is 6.25. The van der Waals surface area contributed by atoms with E-state index in [2.05, 4.69) is 26.0 Å². The highest BCUT2D eigenvalue weighted by atomic mass is 16.5. The molecule has 0 radical (unpaired) electrons. The quantitative estimate of drug-likeness (QED) is 0.840. The summed E-state index contributed by atoms with van der Waals surface area (Å²) in [5.74, 6) is 1.17. The zero-order valence-corrected chi connectivity index (χ0v) is 11.9. The molecule has 1 heterocycles. The fourth-order valence-corrected chi connectivity index (χ4v) is 2.74. The van der Waals surface area contributed by atoms with Crippen molar-refractivity contribution in [1.29, 1.82) is 0 Å². The lowest BCUT2D eigenvalue weighted by molar-refractivity contribution is -0.0626. The minimum absolute atomic E-state index is 0.338. The van der Waals surface area contributed by atoms with Crippen LogP contribution in [0.3, 0.4) is 0 Å². The lowest BCUT2D eigenvalue weighted by Crippen LogP contribution is -2.33. The Morgan fingerprint density at radius 2 is 2.00 bits per heavy atom. The SMILES string of the molecule is CC(C)CCCC1(c2ccccc2)CC(O)=CCO1. The van der Waals surface area contributed by atoms with Crippen molar-refractivity contribution < 1.29 is 9.84 Å². The van der Waals surface area contributed by atoms with E-state index in [9.17, 15) is 5.11 Å². The van der Waals surface area contributed by atoms with Gasteiger partial charge in [0, 0.05) is 6.42 Å². The maximum Gasteiger partial charge on any atom is 0.101 e. The number of hydrogen-bond donors (Lipinski definition) is 1. The minimum atomic E-state index is -0.338. The fraction of sp³-hybridized carbons (Fsp3) is 0.529. The summed E-state index contributed by atoms with van der Waals surface area (Å²) in [7, 11) is 0. The number of aliphatic hydroxyl groups excluding tert-OH is 1. The van der Waals surface area contributed by atoms with E-state index < -0.39 is 0 Å². The molecular weight excluding hydrogens is 236 g/mol. The van der Waals surface area contributed by atoms with Crippen LogP contribution in [0.25, 0.3) is 0 Å². The summed E-state index contributed by atoms with van der Waals surface area (Å²) in [5, 5.41) is 9.90. The molecular formula is C17H24O2. The summed E-state index contributed by atoms with van der Waals surface area (Å²) in [6.07, 6.45) is 5.65. The van der Waals surface area contributed by atoms with Gasteiger partial charge >= 0.3 is 0 Å². The van der Waals surface area contributed by atoms with Crippen LogP contribution >= 0.6 is 0 Å². The predicted octanol–water partition coefficient (Wildman–Crippen LogP) is 4.57. The molecule has 0 amide bonds. The Bertz CT molecular complexity index is 422. The number of hydrogen-bond acceptors (Lipinski definition) is 2. The molecule has 2 rings (SSSR count). The molecule has 0 fully saturated rings. The fourth-order valence-electron chi connectivity index (χ4n) is 2.74. The molecule has 0 bridgehead atoms. The molecule has 0 aromatic heterocycles. The van der Waals surface area contributed by atoms with Gasteiger partial charge in [-0.15, -0.1) is 0 Å². The normalized spacial score (nSPS) is 23.4. The Morgan fingerprint density at radius 3 is 2.63 bits per heavy atom. The molecule has 1 unspecified atom stereocenters. The van der Waals surface area contributed by atoms with Gasteiger partial charge < -0.3 is 9.84 Å². The number of rotatable bonds is 5. The predicted molar refractivity (Wildman–Crippen MR) is 78.1 cm³/mol. The summed E-state index contributed by atoms with van der Waals surface area (Å²) in [4.78, 5) is 0. The van der Waals surface area contributed by atoms with E-state index in [4.69, 9.17) is 4.74 Å². The van der Waals surface area contributed by atoms with E-state index in [-0.39, 0.29) is 5.60 Å². The number of ether oxygens (including phenoxy) is 1. The van der Waals surface area contributed by atoms with Crippen LogP contribution in [-0.2, 0) is 10.3 Å². The van der Waals surface area contributed by atoms with Crippen molar-refractivity contribution in [1.82, 2.24) is 0 Å². The highest BCUT2D eigenvalue weighted by Crippen LogP contribution is 2.39. The zero-order chi connectivity index (χ0) is 13.7. The van der Waals surface area contributed by atoms with Crippen LogP contribution in [-0.4, -0.2) is 11.7 Å². The van der Waals surface area contributed by atoms with Gasteiger partial charge in [0.15, 0.2) is 0 Å². The van der Waals surface area contributed by atoms with E-state index in [0.717, 1.165) is 12.8 Å². The van der Waals surface area contributed by atoms with Crippen molar-refractivity contribution in [3.05, 3.63) is 47.7 Å². The van der Waals surface area contributed by atoms with Crippen molar-refractivity contribution in [2.45, 2.75) is 45.1 Å². The molecule has 1 N–H and O–H groups in total. The van der Waals surface area contributed by atoms with Gasteiger partial charge in [0.1, 0.15) is 5.60 Å². The third kappa shape index (κ3) is 3.60. The Balaban J connectivity index is 2.16. The van der Waals surface area contributed by atoms with Gasteiger partial charge in [-0.25, -0.2) is 0 Å². The number of benzene rings is 1. The first-order valence-electron chi connectivity index (χ1n) is 7.20. The summed E-state index contributed by atoms with van der Waals surface area (Å²) < 4.78 is 6.07. The molecule has 1 aromatic rings. The molecule has 2 heteroatoms.